The van der Waals surface area contributed by atoms with Crippen molar-refractivity contribution in [1.82, 2.24) is 14.9 Å². The summed E-state index contributed by atoms with van der Waals surface area (Å²) >= 11 is 1.34. The van der Waals surface area contributed by atoms with Crippen LogP contribution in [0, 0.1) is 6.92 Å². The number of anilines is 2. The minimum Gasteiger partial charge on any atom is -0.495 e. The average molecular weight is 556 g/mol. The summed E-state index contributed by atoms with van der Waals surface area (Å²) in [7, 11) is 3.17. The van der Waals surface area contributed by atoms with Gasteiger partial charge in [-0.15, -0.1) is 0 Å². The highest BCUT2D eigenvalue weighted by atomic mass is 32.2. The first-order valence-corrected chi connectivity index (χ1v) is 13.1. The lowest BCUT2D eigenvalue weighted by Crippen LogP contribution is -2.41. The van der Waals surface area contributed by atoms with Gasteiger partial charge in [0.25, 0.3) is 0 Å². The monoisotopic (exact) mass is 555 g/mol. The molecule has 11 nitrogen and oxygen atoms in total. The Morgan fingerprint density at radius 2 is 1.85 bits per heavy atom. The molecule has 0 fully saturated rings. The van der Waals surface area contributed by atoms with Crippen LogP contribution in [0.2, 0.25) is 0 Å². The van der Waals surface area contributed by atoms with Crippen LogP contribution in [-0.2, 0) is 20.8 Å². The summed E-state index contributed by atoms with van der Waals surface area (Å²) in [6.07, 6.45) is 2.21. The van der Waals surface area contributed by atoms with Gasteiger partial charge in [-0.05, 0) is 60.7 Å². The number of amides is 4. The molecule has 4 amide bonds. The molecule has 1 aliphatic heterocycles. The molecule has 208 valence electrons. The Kier molecular flexibility index (Phi) is 10.2. The number of rotatable bonds is 11. The molecule has 1 aliphatic rings. The van der Waals surface area contributed by atoms with E-state index in [0.29, 0.717) is 29.2 Å². The van der Waals surface area contributed by atoms with Crippen molar-refractivity contribution in [2.24, 2.45) is 0 Å². The SMILES string of the molecule is COc1cc(CC(=O)N(C)CC2=CC(CC(NC(C)=O)C(=O)O)SN2)ccc1NC(=O)Nc1ccccc1C. The number of carbonyl (C=O) groups excluding carboxylic acids is 3. The third-order valence-corrected chi connectivity index (χ3v) is 6.98. The molecule has 2 aromatic rings. The van der Waals surface area contributed by atoms with Crippen molar-refractivity contribution in [3.8, 4) is 5.75 Å². The normalized spacial score (nSPS) is 14.9. The zero-order chi connectivity index (χ0) is 28.5. The van der Waals surface area contributed by atoms with Crippen molar-refractivity contribution in [3.63, 3.8) is 0 Å². The van der Waals surface area contributed by atoms with Crippen LogP contribution in [-0.4, -0.2) is 65.8 Å². The Labute approximate surface area is 231 Å². The van der Waals surface area contributed by atoms with Gasteiger partial charge in [0.1, 0.15) is 11.8 Å². The zero-order valence-electron chi connectivity index (χ0n) is 22.2. The maximum Gasteiger partial charge on any atom is 0.326 e. The molecule has 0 saturated carbocycles. The number of nitrogens with zero attached hydrogens (tertiary/aromatic N) is 1. The number of carboxylic acids is 1. The second-order valence-electron chi connectivity index (χ2n) is 9.13. The molecule has 12 heteroatoms. The van der Waals surface area contributed by atoms with Crippen molar-refractivity contribution in [2.45, 2.75) is 38.0 Å². The number of aryl methyl sites for hydroxylation is 1. The predicted octanol–water partition coefficient (Wildman–Crippen LogP) is 3.13. The summed E-state index contributed by atoms with van der Waals surface area (Å²) in [5.74, 6) is -1.20. The molecule has 2 atom stereocenters. The smallest absolute Gasteiger partial charge is 0.326 e. The van der Waals surface area contributed by atoms with Crippen LogP contribution in [0.3, 0.4) is 0 Å². The maximum atomic E-state index is 12.9. The highest BCUT2D eigenvalue weighted by molar-refractivity contribution is 7.98. The minimum atomic E-state index is -1.09. The Morgan fingerprint density at radius 3 is 2.51 bits per heavy atom. The van der Waals surface area contributed by atoms with Crippen LogP contribution < -0.4 is 25.4 Å². The Balaban J connectivity index is 1.56. The molecule has 0 aliphatic carbocycles. The van der Waals surface area contributed by atoms with Crippen molar-refractivity contribution in [2.75, 3.05) is 31.3 Å². The maximum absolute atomic E-state index is 12.9. The van der Waals surface area contributed by atoms with E-state index < -0.39 is 23.9 Å². The van der Waals surface area contributed by atoms with Gasteiger partial charge in [-0.2, -0.15) is 0 Å². The Bertz CT molecular complexity index is 1270. The predicted molar refractivity (Wildman–Crippen MR) is 151 cm³/mol. The van der Waals surface area contributed by atoms with Gasteiger partial charge in [-0.3, -0.25) is 9.59 Å². The summed E-state index contributed by atoms with van der Waals surface area (Å²) < 4.78 is 8.57. The number of benzene rings is 2. The molecule has 0 bridgehead atoms. The quantitative estimate of drug-likeness (QED) is 0.266. The second kappa shape index (κ2) is 13.6. The van der Waals surface area contributed by atoms with E-state index in [2.05, 4.69) is 20.7 Å². The molecule has 0 saturated heterocycles. The van der Waals surface area contributed by atoms with Gasteiger partial charge in [0.2, 0.25) is 11.8 Å². The van der Waals surface area contributed by atoms with Crippen molar-refractivity contribution >= 4 is 47.1 Å². The van der Waals surface area contributed by atoms with Gasteiger partial charge in [0.05, 0.1) is 25.8 Å². The molecule has 2 aromatic carbocycles. The minimum absolute atomic E-state index is 0.121. The van der Waals surface area contributed by atoms with E-state index in [4.69, 9.17) is 4.74 Å². The molecule has 0 radical (unpaired) electrons. The number of likely N-dealkylation sites (N-methyl/N-ethyl adjacent to an activating group) is 1. The number of carboxylic acid groups (broad SMARTS) is 1. The average Bonchev–Trinajstić information content (AvgIpc) is 3.32. The van der Waals surface area contributed by atoms with E-state index in [0.717, 1.165) is 11.3 Å². The lowest BCUT2D eigenvalue weighted by molar-refractivity contribution is -0.141. The van der Waals surface area contributed by atoms with Crippen molar-refractivity contribution in [1.29, 1.82) is 0 Å². The van der Waals surface area contributed by atoms with Crippen LogP contribution in [0.5, 0.6) is 5.75 Å². The number of hydrogen-bond donors (Lipinski definition) is 5. The summed E-state index contributed by atoms with van der Waals surface area (Å²) in [5, 5.41) is 17.2. The van der Waals surface area contributed by atoms with E-state index in [1.54, 1.807) is 30.1 Å². The van der Waals surface area contributed by atoms with Crippen LogP contribution in [0.25, 0.3) is 0 Å². The molecule has 0 aromatic heterocycles. The van der Waals surface area contributed by atoms with Gasteiger partial charge < -0.3 is 35.4 Å². The van der Waals surface area contributed by atoms with Gasteiger partial charge >= 0.3 is 12.0 Å². The second-order valence-corrected chi connectivity index (χ2v) is 10.2. The third-order valence-electron chi connectivity index (χ3n) is 5.97. The Hall–Kier alpha value is -4.19. The highest BCUT2D eigenvalue weighted by Gasteiger charge is 2.26. The molecule has 39 heavy (non-hydrogen) atoms. The highest BCUT2D eigenvalue weighted by Crippen LogP contribution is 2.27. The number of methoxy groups -OCH3 is 1. The summed E-state index contributed by atoms with van der Waals surface area (Å²) in [6.45, 7) is 3.50. The molecule has 2 unspecified atom stereocenters. The first kappa shape index (κ1) is 29.4. The molecular weight excluding hydrogens is 522 g/mol. The van der Waals surface area contributed by atoms with Crippen LogP contribution in [0.15, 0.2) is 54.2 Å². The van der Waals surface area contributed by atoms with Gasteiger partial charge in [-0.1, -0.05) is 24.3 Å². The zero-order valence-corrected chi connectivity index (χ0v) is 23.1. The lowest BCUT2D eigenvalue weighted by atomic mass is 10.1. The summed E-state index contributed by atoms with van der Waals surface area (Å²) in [4.78, 5) is 49.6. The fraction of sp³-hybridized carbons (Fsp3) is 0.333. The van der Waals surface area contributed by atoms with Crippen LogP contribution in [0.1, 0.15) is 24.5 Å². The van der Waals surface area contributed by atoms with Crippen LogP contribution in [0.4, 0.5) is 16.2 Å². The number of ether oxygens (including phenoxy) is 1. The first-order valence-electron chi connectivity index (χ1n) is 12.2. The van der Waals surface area contributed by atoms with Gasteiger partial charge in [0.15, 0.2) is 0 Å². The lowest BCUT2D eigenvalue weighted by Gasteiger charge is -2.18. The fourth-order valence-electron chi connectivity index (χ4n) is 3.94. The molecule has 3 rings (SSSR count). The number of hydrogen-bond acceptors (Lipinski definition) is 7. The number of carbonyl (C=O) groups is 4. The number of nitrogens with one attached hydrogen (secondary N) is 4. The topological polar surface area (TPSA) is 149 Å². The van der Waals surface area contributed by atoms with E-state index >= 15 is 0 Å². The fourth-order valence-corrected chi connectivity index (χ4v) is 4.89. The molecule has 0 spiro atoms. The first-order chi connectivity index (χ1) is 18.5. The Morgan fingerprint density at radius 1 is 1.13 bits per heavy atom. The molecule has 5 N–H and O–H groups in total. The van der Waals surface area contributed by atoms with Gasteiger partial charge in [0, 0.05) is 30.6 Å². The van der Waals surface area contributed by atoms with Crippen molar-refractivity contribution < 1.29 is 29.0 Å². The number of para-hydroxylation sites is 1. The summed E-state index contributed by atoms with van der Waals surface area (Å²) in [6, 6.07) is 11.2. The summed E-state index contributed by atoms with van der Waals surface area (Å²) in [5.41, 5.74) is 3.60. The van der Waals surface area contributed by atoms with Crippen LogP contribution >= 0.6 is 11.9 Å². The third kappa shape index (κ3) is 8.67. The standard InChI is InChI=1S/C27H33N5O6S/c1-16-7-5-6-8-21(16)29-27(37)30-22-10-9-18(11-24(22)38-4)12-25(34)32(3)15-19-13-20(39-31-19)14-23(26(35)36)28-17(2)33/h5-11,13,20,23,31H,12,14-15H2,1-4H3,(H,28,33)(H,35,36)(H2,29,30,37). The van der Waals surface area contributed by atoms with Crippen molar-refractivity contribution in [3.05, 3.63) is 65.4 Å². The number of urea groups is 1. The van der Waals surface area contributed by atoms with E-state index in [-0.39, 0.29) is 24.0 Å². The largest absolute Gasteiger partial charge is 0.495 e. The molecule has 1 heterocycles. The van der Waals surface area contributed by atoms with E-state index in [9.17, 15) is 24.3 Å². The molecular formula is C27H33N5O6S. The van der Waals surface area contributed by atoms with Gasteiger partial charge in [-0.25, -0.2) is 9.59 Å². The number of aliphatic carboxylic acids is 1. The van der Waals surface area contributed by atoms with E-state index in [1.165, 1.54) is 26.0 Å². The van der Waals surface area contributed by atoms with E-state index in [1.807, 2.05) is 37.3 Å².